The van der Waals surface area contributed by atoms with E-state index in [1.54, 1.807) is 18.2 Å². The quantitative estimate of drug-likeness (QED) is 0.685. The molecule has 2 aromatic carbocycles. The van der Waals surface area contributed by atoms with Gasteiger partial charge in [0.05, 0.1) is 11.5 Å². The molecule has 1 heterocycles. The summed E-state index contributed by atoms with van der Waals surface area (Å²) in [6.45, 7) is 2.02. The first-order valence-electron chi connectivity index (χ1n) is 7.50. The average molecular weight is 341 g/mol. The monoisotopic (exact) mass is 341 g/mol. The fraction of sp³-hybridized carbons (Fsp3) is 0.167. The summed E-state index contributed by atoms with van der Waals surface area (Å²) in [6, 6.07) is 14.4. The van der Waals surface area contributed by atoms with Crippen molar-refractivity contribution in [1.82, 2.24) is 5.32 Å². The molecular formula is C18H16FN3OS. The van der Waals surface area contributed by atoms with Crippen molar-refractivity contribution in [2.75, 3.05) is 0 Å². The molecule has 1 N–H and O–H groups in total. The summed E-state index contributed by atoms with van der Waals surface area (Å²) in [5, 5.41) is 10.7. The fourth-order valence-electron chi connectivity index (χ4n) is 2.36. The molecule has 1 amide bonds. The zero-order valence-electron chi connectivity index (χ0n) is 13.1. The number of aryl methyl sites for hydroxylation is 1. The Bertz CT molecular complexity index is 819. The van der Waals surface area contributed by atoms with Crippen LogP contribution in [-0.2, 0) is 11.2 Å². The van der Waals surface area contributed by atoms with E-state index >= 15 is 0 Å². The molecule has 24 heavy (non-hydrogen) atoms. The summed E-state index contributed by atoms with van der Waals surface area (Å²) in [5.41, 5.74) is 2.63. The molecule has 0 radical (unpaired) electrons. The first-order chi connectivity index (χ1) is 11.6. The number of hydrogen-bond acceptors (Lipinski definition) is 4. The van der Waals surface area contributed by atoms with Crippen LogP contribution in [0.25, 0.3) is 0 Å². The summed E-state index contributed by atoms with van der Waals surface area (Å²) in [6.07, 6.45) is 1.97. The Kier molecular flexibility index (Phi) is 5.05. The normalized spacial score (nSPS) is 19.2. The van der Waals surface area contributed by atoms with Gasteiger partial charge in [-0.2, -0.15) is 5.10 Å². The van der Waals surface area contributed by atoms with Crippen molar-refractivity contribution in [2.45, 2.75) is 18.6 Å². The van der Waals surface area contributed by atoms with E-state index in [2.05, 4.69) is 21.6 Å². The second-order valence-electron chi connectivity index (χ2n) is 5.46. The minimum atomic E-state index is -0.359. The number of hydrogen-bond donors (Lipinski definition) is 1. The standard InChI is InChI=1S/C18H16FN3OS/c1-12-5-4-6-13(9-12)10-16-17(23)21-18(24-16)22-20-11-14-7-2-3-8-15(14)19/h2-9,11,16H,10H2,1H3,(H,21,22,23). The van der Waals surface area contributed by atoms with E-state index in [1.165, 1.54) is 29.6 Å². The van der Waals surface area contributed by atoms with Crippen LogP contribution >= 0.6 is 11.8 Å². The molecule has 0 aliphatic carbocycles. The molecule has 3 rings (SSSR count). The lowest BCUT2D eigenvalue weighted by Crippen LogP contribution is -2.25. The van der Waals surface area contributed by atoms with Crippen molar-refractivity contribution in [1.29, 1.82) is 0 Å². The van der Waals surface area contributed by atoms with Gasteiger partial charge in [0.2, 0.25) is 5.91 Å². The summed E-state index contributed by atoms with van der Waals surface area (Å²) in [5.74, 6) is -0.441. The molecule has 1 unspecified atom stereocenters. The highest BCUT2D eigenvalue weighted by molar-refractivity contribution is 8.15. The van der Waals surface area contributed by atoms with Crippen molar-refractivity contribution in [3.8, 4) is 0 Å². The number of nitrogens with one attached hydrogen (secondary N) is 1. The number of amides is 1. The molecule has 1 fully saturated rings. The van der Waals surface area contributed by atoms with Gasteiger partial charge < -0.3 is 5.32 Å². The maximum atomic E-state index is 13.5. The number of carbonyl (C=O) groups is 1. The highest BCUT2D eigenvalue weighted by Crippen LogP contribution is 2.23. The molecule has 0 saturated carbocycles. The van der Waals surface area contributed by atoms with Gasteiger partial charge in [0, 0.05) is 5.56 Å². The number of benzene rings is 2. The summed E-state index contributed by atoms with van der Waals surface area (Å²) in [7, 11) is 0. The minimum Gasteiger partial charge on any atom is -0.303 e. The van der Waals surface area contributed by atoms with Gasteiger partial charge in [-0.15, -0.1) is 5.10 Å². The molecule has 2 aromatic rings. The van der Waals surface area contributed by atoms with Crippen LogP contribution in [-0.4, -0.2) is 22.5 Å². The Morgan fingerprint density at radius 3 is 2.88 bits per heavy atom. The molecule has 122 valence electrons. The van der Waals surface area contributed by atoms with Crippen LogP contribution in [0.1, 0.15) is 16.7 Å². The van der Waals surface area contributed by atoms with Gasteiger partial charge in [-0.25, -0.2) is 4.39 Å². The Morgan fingerprint density at radius 1 is 1.25 bits per heavy atom. The number of carbonyl (C=O) groups excluding carboxylic acids is 1. The molecule has 1 aliphatic heterocycles. The second kappa shape index (κ2) is 7.40. The van der Waals surface area contributed by atoms with Crippen LogP contribution in [0.3, 0.4) is 0 Å². The molecule has 4 nitrogen and oxygen atoms in total. The zero-order chi connectivity index (χ0) is 16.9. The van der Waals surface area contributed by atoms with Crippen LogP contribution in [0.5, 0.6) is 0 Å². The van der Waals surface area contributed by atoms with Crippen LogP contribution < -0.4 is 5.32 Å². The largest absolute Gasteiger partial charge is 0.303 e. The van der Waals surface area contributed by atoms with Crippen molar-refractivity contribution in [3.63, 3.8) is 0 Å². The Hall–Kier alpha value is -2.47. The van der Waals surface area contributed by atoms with Crippen molar-refractivity contribution < 1.29 is 9.18 Å². The topological polar surface area (TPSA) is 53.8 Å². The van der Waals surface area contributed by atoms with E-state index in [0.29, 0.717) is 17.2 Å². The molecule has 0 aromatic heterocycles. The number of nitrogens with zero attached hydrogens (tertiary/aromatic N) is 2. The van der Waals surface area contributed by atoms with Gasteiger partial charge in [0.1, 0.15) is 5.82 Å². The third kappa shape index (κ3) is 4.08. The predicted molar refractivity (Wildman–Crippen MR) is 95.8 cm³/mol. The molecule has 1 atom stereocenters. The van der Waals surface area contributed by atoms with Gasteiger partial charge in [0.15, 0.2) is 5.17 Å². The lowest BCUT2D eigenvalue weighted by Gasteiger charge is -2.05. The third-order valence-corrected chi connectivity index (χ3v) is 4.60. The average Bonchev–Trinajstić information content (AvgIpc) is 2.89. The minimum absolute atomic E-state index is 0.0821. The van der Waals surface area contributed by atoms with Crippen molar-refractivity contribution in [3.05, 3.63) is 71.0 Å². The summed E-state index contributed by atoms with van der Waals surface area (Å²) in [4.78, 5) is 12.0. The van der Waals surface area contributed by atoms with Gasteiger partial charge in [-0.3, -0.25) is 4.79 Å². The van der Waals surface area contributed by atoms with E-state index in [1.807, 2.05) is 25.1 Å². The SMILES string of the molecule is Cc1cccc(CC2S/C(=N\N=Cc3ccccc3F)NC2=O)c1. The summed E-state index contributed by atoms with van der Waals surface area (Å²) >= 11 is 1.34. The number of rotatable bonds is 4. The number of thioether (sulfide) groups is 1. The lowest BCUT2D eigenvalue weighted by molar-refractivity contribution is -0.118. The highest BCUT2D eigenvalue weighted by atomic mass is 32.2. The van der Waals surface area contributed by atoms with Gasteiger partial charge in [-0.05, 0) is 25.0 Å². The maximum Gasteiger partial charge on any atom is 0.239 e. The molecule has 0 bridgehead atoms. The van der Waals surface area contributed by atoms with Crippen LogP contribution in [0.15, 0.2) is 58.7 Å². The molecular weight excluding hydrogens is 325 g/mol. The van der Waals surface area contributed by atoms with E-state index in [4.69, 9.17) is 0 Å². The van der Waals surface area contributed by atoms with Gasteiger partial charge in [-0.1, -0.05) is 59.8 Å². The third-order valence-electron chi connectivity index (χ3n) is 3.53. The fourth-order valence-corrected chi connectivity index (χ4v) is 3.33. The lowest BCUT2D eigenvalue weighted by atomic mass is 10.1. The number of amidine groups is 1. The van der Waals surface area contributed by atoms with Gasteiger partial charge in [0.25, 0.3) is 0 Å². The molecule has 6 heteroatoms. The first kappa shape index (κ1) is 16.4. The Morgan fingerprint density at radius 2 is 2.08 bits per heavy atom. The van der Waals surface area contributed by atoms with E-state index in [9.17, 15) is 9.18 Å². The van der Waals surface area contributed by atoms with E-state index in [0.717, 1.165) is 5.56 Å². The smallest absolute Gasteiger partial charge is 0.239 e. The van der Waals surface area contributed by atoms with Crippen molar-refractivity contribution in [2.24, 2.45) is 10.2 Å². The molecule has 1 saturated heterocycles. The van der Waals surface area contributed by atoms with Crippen LogP contribution in [0, 0.1) is 12.7 Å². The maximum absolute atomic E-state index is 13.5. The second-order valence-corrected chi connectivity index (χ2v) is 6.65. The highest BCUT2D eigenvalue weighted by Gasteiger charge is 2.30. The predicted octanol–water partition coefficient (Wildman–Crippen LogP) is 3.30. The van der Waals surface area contributed by atoms with E-state index in [-0.39, 0.29) is 17.0 Å². The van der Waals surface area contributed by atoms with Crippen LogP contribution in [0.2, 0.25) is 0 Å². The Balaban J connectivity index is 1.65. The molecule has 1 aliphatic rings. The Labute approximate surface area is 143 Å². The first-order valence-corrected chi connectivity index (χ1v) is 8.38. The van der Waals surface area contributed by atoms with Gasteiger partial charge >= 0.3 is 0 Å². The zero-order valence-corrected chi connectivity index (χ0v) is 13.9. The number of halogens is 1. The van der Waals surface area contributed by atoms with Crippen molar-refractivity contribution >= 4 is 29.1 Å². The van der Waals surface area contributed by atoms with Crippen LogP contribution in [0.4, 0.5) is 4.39 Å². The summed E-state index contributed by atoms with van der Waals surface area (Å²) < 4.78 is 13.5. The van der Waals surface area contributed by atoms with E-state index < -0.39 is 0 Å². The molecule has 0 spiro atoms.